The highest BCUT2D eigenvalue weighted by Gasteiger charge is 2.37. The minimum atomic E-state index is -0.918. The Hall–Kier alpha value is -3.30. The van der Waals surface area contributed by atoms with Crippen LogP contribution in [-0.2, 0) is 36.9 Å². The van der Waals surface area contributed by atoms with E-state index in [0.717, 1.165) is 36.8 Å². The van der Waals surface area contributed by atoms with Gasteiger partial charge in [-0.1, -0.05) is 95.2 Å². The van der Waals surface area contributed by atoms with E-state index < -0.39 is 18.2 Å². The quantitative estimate of drug-likeness (QED) is 0.227. The molecule has 45 heavy (non-hydrogen) atoms. The summed E-state index contributed by atoms with van der Waals surface area (Å²) >= 11 is 0. The Kier molecular flexibility index (Phi) is 14.3. The van der Waals surface area contributed by atoms with Crippen molar-refractivity contribution in [2.45, 2.75) is 123 Å². The largest absolute Gasteiger partial charge is 0.350 e. The van der Waals surface area contributed by atoms with E-state index in [2.05, 4.69) is 24.3 Å². The van der Waals surface area contributed by atoms with Gasteiger partial charge in [-0.2, -0.15) is 0 Å². The summed E-state index contributed by atoms with van der Waals surface area (Å²) in [6.45, 7) is 4.88. The maximum absolute atomic E-state index is 14.2. The number of nitrogens with zero attached hydrogens (tertiary/aromatic N) is 3. The van der Waals surface area contributed by atoms with Gasteiger partial charge in [-0.15, -0.1) is 0 Å². The molecule has 0 unspecified atom stereocenters. The third kappa shape index (κ3) is 11.5. The van der Waals surface area contributed by atoms with Crippen LogP contribution in [0.4, 0.5) is 0 Å². The molecule has 0 spiro atoms. The molecule has 246 valence electrons. The first-order valence-electron chi connectivity index (χ1n) is 17.0. The van der Waals surface area contributed by atoms with Gasteiger partial charge in [-0.05, 0) is 54.7 Å². The van der Waals surface area contributed by atoms with Crippen molar-refractivity contribution in [1.82, 2.24) is 20.5 Å². The van der Waals surface area contributed by atoms with Crippen LogP contribution in [0.2, 0.25) is 0 Å². The standard InChI is InChI=1S/C36H52N4O5/c1-28(2)21-22-33(41)40(39(27-30-15-7-4-8-16-30)34(42)25-31-18-12-23-37-26-31)32(19-11-17-29-13-5-3-6-14-29)36(43)38-45-35-20-9-10-24-44-35/h4,7-8,12,15-16,18,23,26,28-29,32,35H,3,5-6,9-11,13-14,17,19-22,24-25,27H2,1-2H3,(H,38,43)/t32-,35+/m0/s1. The summed E-state index contributed by atoms with van der Waals surface area (Å²) in [6, 6.07) is 12.3. The zero-order chi connectivity index (χ0) is 31.9. The Morgan fingerprint density at radius 1 is 0.933 bits per heavy atom. The van der Waals surface area contributed by atoms with Crippen molar-refractivity contribution >= 4 is 17.7 Å². The van der Waals surface area contributed by atoms with Crippen molar-refractivity contribution in [3.05, 3.63) is 66.0 Å². The van der Waals surface area contributed by atoms with Gasteiger partial charge in [0.15, 0.2) is 6.29 Å². The summed E-state index contributed by atoms with van der Waals surface area (Å²) in [6.07, 6.45) is 14.7. The topological polar surface area (TPSA) is 101 Å². The zero-order valence-corrected chi connectivity index (χ0v) is 27.2. The molecule has 3 amide bonds. The van der Waals surface area contributed by atoms with Gasteiger partial charge < -0.3 is 4.74 Å². The first kappa shape index (κ1) is 34.6. The third-order valence-corrected chi connectivity index (χ3v) is 8.83. The normalized spacial score (nSPS) is 17.9. The summed E-state index contributed by atoms with van der Waals surface area (Å²) < 4.78 is 5.68. The Bertz CT molecular complexity index is 1170. The van der Waals surface area contributed by atoms with Gasteiger partial charge in [0, 0.05) is 31.8 Å². The predicted octanol–water partition coefficient (Wildman–Crippen LogP) is 6.53. The van der Waals surface area contributed by atoms with Crippen LogP contribution in [0.1, 0.15) is 108 Å². The summed E-state index contributed by atoms with van der Waals surface area (Å²) in [5.74, 6) is -0.0304. The molecule has 9 heteroatoms. The molecule has 2 fully saturated rings. The van der Waals surface area contributed by atoms with Crippen LogP contribution >= 0.6 is 0 Å². The van der Waals surface area contributed by atoms with Crippen LogP contribution in [0.15, 0.2) is 54.9 Å². The van der Waals surface area contributed by atoms with Crippen LogP contribution < -0.4 is 5.48 Å². The van der Waals surface area contributed by atoms with Gasteiger partial charge in [0.05, 0.1) is 13.0 Å². The second-order valence-electron chi connectivity index (χ2n) is 13.0. The molecule has 1 aliphatic heterocycles. The number of hydrogen-bond donors (Lipinski definition) is 1. The minimum Gasteiger partial charge on any atom is -0.350 e. The molecule has 1 saturated carbocycles. The maximum Gasteiger partial charge on any atom is 0.268 e. The van der Waals surface area contributed by atoms with E-state index in [0.29, 0.717) is 31.8 Å². The molecule has 1 aromatic carbocycles. The molecule has 1 saturated heterocycles. The van der Waals surface area contributed by atoms with Gasteiger partial charge in [0.2, 0.25) is 11.8 Å². The number of hydroxylamine groups is 1. The minimum absolute atomic E-state index is 0.0530. The number of aromatic nitrogens is 1. The number of carbonyl (C=O) groups is 3. The summed E-state index contributed by atoms with van der Waals surface area (Å²) in [7, 11) is 0. The second kappa shape index (κ2) is 18.6. The number of hydrazine groups is 1. The smallest absolute Gasteiger partial charge is 0.268 e. The SMILES string of the molecule is CC(C)CCC(=O)N([C@@H](CCCC1CCCCC1)C(=O)NO[C@@H]1CCCCO1)N(Cc1ccccc1)C(=O)Cc1cccnc1. The molecule has 2 heterocycles. The van der Waals surface area contributed by atoms with Gasteiger partial charge in [0.1, 0.15) is 6.04 Å². The monoisotopic (exact) mass is 620 g/mol. The highest BCUT2D eigenvalue weighted by molar-refractivity contribution is 5.89. The van der Waals surface area contributed by atoms with Gasteiger partial charge in [-0.25, -0.2) is 20.3 Å². The fourth-order valence-corrected chi connectivity index (χ4v) is 6.25. The Morgan fingerprint density at radius 2 is 1.69 bits per heavy atom. The van der Waals surface area contributed by atoms with Crippen molar-refractivity contribution in [1.29, 1.82) is 0 Å². The molecule has 0 bridgehead atoms. The van der Waals surface area contributed by atoms with E-state index >= 15 is 0 Å². The Balaban J connectivity index is 1.65. The molecule has 2 aliphatic rings. The Morgan fingerprint density at radius 3 is 2.38 bits per heavy atom. The predicted molar refractivity (Wildman–Crippen MR) is 173 cm³/mol. The number of benzene rings is 1. The van der Waals surface area contributed by atoms with Crippen LogP contribution in [0.25, 0.3) is 0 Å². The van der Waals surface area contributed by atoms with E-state index in [1.807, 2.05) is 36.4 Å². The number of nitrogens with one attached hydrogen (secondary N) is 1. The number of pyridine rings is 1. The molecule has 2 aromatic rings. The number of hydrogen-bond acceptors (Lipinski definition) is 6. The van der Waals surface area contributed by atoms with Crippen molar-refractivity contribution < 1.29 is 24.0 Å². The van der Waals surface area contributed by atoms with Crippen molar-refractivity contribution in [3.8, 4) is 0 Å². The van der Waals surface area contributed by atoms with Gasteiger partial charge in [-0.3, -0.25) is 19.4 Å². The molecule has 1 N–H and O–H groups in total. The fraction of sp³-hybridized carbons (Fsp3) is 0.611. The second-order valence-corrected chi connectivity index (χ2v) is 13.0. The molecule has 2 atom stereocenters. The highest BCUT2D eigenvalue weighted by atomic mass is 16.8. The van der Waals surface area contributed by atoms with E-state index in [4.69, 9.17) is 9.57 Å². The molecular formula is C36H52N4O5. The molecule has 1 aliphatic carbocycles. The van der Waals surface area contributed by atoms with Crippen LogP contribution in [-0.4, -0.2) is 51.7 Å². The lowest BCUT2D eigenvalue weighted by Crippen LogP contribution is -2.59. The average molecular weight is 621 g/mol. The van der Waals surface area contributed by atoms with Crippen molar-refractivity contribution in [2.75, 3.05) is 6.61 Å². The average Bonchev–Trinajstić information content (AvgIpc) is 3.07. The molecular weight excluding hydrogens is 568 g/mol. The number of ether oxygens (including phenoxy) is 1. The molecule has 9 nitrogen and oxygen atoms in total. The van der Waals surface area contributed by atoms with Gasteiger partial charge in [0.25, 0.3) is 5.91 Å². The van der Waals surface area contributed by atoms with E-state index in [9.17, 15) is 14.4 Å². The van der Waals surface area contributed by atoms with E-state index in [-0.39, 0.29) is 37.1 Å². The summed E-state index contributed by atoms with van der Waals surface area (Å²) in [5.41, 5.74) is 4.25. The first-order chi connectivity index (χ1) is 21.9. The van der Waals surface area contributed by atoms with Crippen LogP contribution in [0.3, 0.4) is 0 Å². The zero-order valence-electron chi connectivity index (χ0n) is 27.2. The van der Waals surface area contributed by atoms with Gasteiger partial charge >= 0.3 is 0 Å². The number of amides is 3. The summed E-state index contributed by atoms with van der Waals surface area (Å²) in [4.78, 5) is 52.4. The first-order valence-corrected chi connectivity index (χ1v) is 17.0. The third-order valence-electron chi connectivity index (χ3n) is 8.83. The number of carbonyl (C=O) groups excluding carboxylic acids is 3. The van der Waals surface area contributed by atoms with Crippen molar-refractivity contribution in [3.63, 3.8) is 0 Å². The van der Waals surface area contributed by atoms with Crippen LogP contribution in [0, 0.1) is 11.8 Å². The summed E-state index contributed by atoms with van der Waals surface area (Å²) in [5, 5.41) is 2.95. The molecule has 0 radical (unpaired) electrons. The van der Waals surface area contributed by atoms with Crippen molar-refractivity contribution in [2.24, 2.45) is 11.8 Å². The Labute approximate surface area is 269 Å². The van der Waals surface area contributed by atoms with E-state index in [1.165, 1.54) is 42.1 Å². The lowest BCUT2D eigenvalue weighted by molar-refractivity contribution is -0.206. The lowest BCUT2D eigenvalue weighted by Gasteiger charge is -2.40. The van der Waals surface area contributed by atoms with Crippen LogP contribution in [0.5, 0.6) is 0 Å². The fourth-order valence-electron chi connectivity index (χ4n) is 6.25. The molecule has 1 aromatic heterocycles. The number of rotatable bonds is 15. The maximum atomic E-state index is 14.2. The highest BCUT2D eigenvalue weighted by Crippen LogP contribution is 2.29. The molecule has 4 rings (SSSR count). The van der Waals surface area contributed by atoms with E-state index in [1.54, 1.807) is 18.5 Å². The lowest BCUT2D eigenvalue weighted by atomic mass is 9.85.